The molecule has 1 saturated heterocycles. The molecule has 1 aliphatic heterocycles. The maximum absolute atomic E-state index is 4.25. The summed E-state index contributed by atoms with van der Waals surface area (Å²) in [5.41, 5.74) is 1.41. The Morgan fingerprint density at radius 1 is 1.53 bits per heavy atom. The van der Waals surface area contributed by atoms with Crippen molar-refractivity contribution >= 4 is 11.8 Å². The SMILES string of the molecule is CSCCCCn1cncc1C1CNC1. The van der Waals surface area contributed by atoms with Gasteiger partial charge < -0.3 is 9.88 Å². The fraction of sp³-hybridized carbons (Fsp3) is 0.727. The van der Waals surface area contributed by atoms with Crippen LogP contribution < -0.4 is 5.32 Å². The van der Waals surface area contributed by atoms with Gasteiger partial charge in [0.15, 0.2) is 0 Å². The summed E-state index contributed by atoms with van der Waals surface area (Å²) in [5, 5.41) is 3.31. The zero-order valence-corrected chi connectivity index (χ0v) is 10.1. The smallest absolute Gasteiger partial charge is 0.0948 e. The van der Waals surface area contributed by atoms with E-state index in [1.165, 1.54) is 24.3 Å². The molecular weight excluding hydrogens is 206 g/mol. The first-order chi connectivity index (χ1) is 7.42. The van der Waals surface area contributed by atoms with Gasteiger partial charge in [-0.25, -0.2) is 4.98 Å². The minimum atomic E-state index is 0.702. The quantitative estimate of drug-likeness (QED) is 0.748. The van der Waals surface area contributed by atoms with E-state index in [0.29, 0.717) is 5.92 Å². The first-order valence-electron chi connectivity index (χ1n) is 5.61. The maximum Gasteiger partial charge on any atom is 0.0948 e. The van der Waals surface area contributed by atoms with Gasteiger partial charge in [-0.15, -0.1) is 0 Å². The molecule has 0 aliphatic carbocycles. The van der Waals surface area contributed by atoms with Crippen molar-refractivity contribution in [1.29, 1.82) is 0 Å². The van der Waals surface area contributed by atoms with Crippen LogP contribution in [0.5, 0.6) is 0 Å². The van der Waals surface area contributed by atoms with Crippen LogP contribution in [0.15, 0.2) is 12.5 Å². The third kappa shape index (κ3) is 2.75. The molecule has 3 nitrogen and oxygen atoms in total. The monoisotopic (exact) mass is 225 g/mol. The third-order valence-electron chi connectivity index (χ3n) is 2.94. The molecule has 0 atom stereocenters. The summed E-state index contributed by atoms with van der Waals surface area (Å²) in [6.45, 7) is 3.37. The van der Waals surface area contributed by atoms with Crippen molar-refractivity contribution in [1.82, 2.24) is 14.9 Å². The van der Waals surface area contributed by atoms with Gasteiger partial charge >= 0.3 is 0 Å². The second-order valence-electron chi connectivity index (χ2n) is 4.07. The summed E-state index contributed by atoms with van der Waals surface area (Å²) >= 11 is 1.93. The zero-order valence-electron chi connectivity index (χ0n) is 9.28. The highest BCUT2D eigenvalue weighted by Gasteiger charge is 2.21. The molecule has 1 fully saturated rings. The minimum Gasteiger partial charge on any atom is -0.334 e. The fourth-order valence-electron chi connectivity index (χ4n) is 1.88. The van der Waals surface area contributed by atoms with Crippen molar-refractivity contribution in [3.05, 3.63) is 18.2 Å². The lowest BCUT2D eigenvalue weighted by Crippen LogP contribution is -2.40. The molecule has 1 aliphatic rings. The molecule has 1 N–H and O–H groups in total. The van der Waals surface area contributed by atoms with Crippen LogP contribution in [0, 0.1) is 0 Å². The van der Waals surface area contributed by atoms with Crippen LogP contribution >= 0.6 is 11.8 Å². The Hall–Kier alpha value is -0.480. The highest BCUT2D eigenvalue weighted by atomic mass is 32.2. The molecule has 0 saturated carbocycles. The Kier molecular flexibility index (Phi) is 4.09. The maximum atomic E-state index is 4.25. The van der Waals surface area contributed by atoms with E-state index in [-0.39, 0.29) is 0 Å². The van der Waals surface area contributed by atoms with Gasteiger partial charge in [-0.2, -0.15) is 11.8 Å². The predicted octanol–water partition coefficient (Wildman–Crippen LogP) is 1.71. The van der Waals surface area contributed by atoms with Crippen LogP contribution in [-0.4, -0.2) is 34.6 Å². The number of nitrogens with one attached hydrogen (secondary N) is 1. The van der Waals surface area contributed by atoms with E-state index < -0.39 is 0 Å². The van der Waals surface area contributed by atoms with E-state index in [0.717, 1.165) is 19.6 Å². The second-order valence-corrected chi connectivity index (χ2v) is 5.05. The topological polar surface area (TPSA) is 29.9 Å². The van der Waals surface area contributed by atoms with Gasteiger partial charge in [-0.05, 0) is 24.9 Å². The van der Waals surface area contributed by atoms with Gasteiger partial charge in [-0.3, -0.25) is 0 Å². The molecule has 0 amide bonds. The summed E-state index contributed by atoms with van der Waals surface area (Å²) in [5.74, 6) is 1.97. The molecule has 2 rings (SSSR count). The molecule has 15 heavy (non-hydrogen) atoms. The van der Waals surface area contributed by atoms with Crippen LogP contribution in [0.1, 0.15) is 24.5 Å². The molecule has 1 aromatic heterocycles. The standard InChI is InChI=1S/C11H19N3S/c1-15-5-3-2-4-14-9-13-8-11(14)10-6-12-7-10/h8-10,12H,2-7H2,1H3. The molecule has 0 spiro atoms. The van der Waals surface area contributed by atoms with Gasteiger partial charge in [0, 0.05) is 37.4 Å². The zero-order chi connectivity index (χ0) is 10.5. The molecule has 2 heterocycles. The molecule has 0 aromatic carbocycles. The Morgan fingerprint density at radius 3 is 3.07 bits per heavy atom. The van der Waals surface area contributed by atoms with Gasteiger partial charge in [0.2, 0.25) is 0 Å². The highest BCUT2D eigenvalue weighted by Crippen LogP contribution is 2.19. The van der Waals surface area contributed by atoms with E-state index in [9.17, 15) is 0 Å². The van der Waals surface area contributed by atoms with E-state index in [2.05, 4.69) is 21.1 Å². The number of aryl methyl sites for hydroxylation is 1. The van der Waals surface area contributed by atoms with Crippen molar-refractivity contribution in [3.8, 4) is 0 Å². The Balaban J connectivity index is 1.82. The van der Waals surface area contributed by atoms with Crippen molar-refractivity contribution in [2.45, 2.75) is 25.3 Å². The van der Waals surface area contributed by atoms with Crippen molar-refractivity contribution in [2.75, 3.05) is 25.1 Å². The molecule has 84 valence electrons. The number of rotatable bonds is 6. The number of hydrogen-bond acceptors (Lipinski definition) is 3. The number of unbranched alkanes of at least 4 members (excludes halogenated alkanes) is 1. The van der Waals surface area contributed by atoms with Crippen molar-refractivity contribution in [2.24, 2.45) is 0 Å². The van der Waals surface area contributed by atoms with Gasteiger partial charge in [0.05, 0.1) is 6.33 Å². The highest BCUT2D eigenvalue weighted by molar-refractivity contribution is 7.98. The Bertz CT molecular complexity index is 294. The van der Waals surface area contributed by atoms with Gasteiger partial charge in [0.25, 0.3) is 0 Å². The van der Waals surface area contributed by atoms with Crippen LogP contribution in [-0.2, 0) is 6.54 Å². The predicted molar refractivity (Wildman–Crippen MR) is 65.5 cm³/mol. The molecule has 0 unspecified atom stereocenters. The van der Waals surface area contributed by atoms with Crippen LogP contribution in [0.4, 0.5) is 0 Å². The summed E-state index contributed by atoms with van der Waals surface area (Å²) in [4.78, 5) is 4.25. The summed E-state index contributed by atoms with van der Waals surface area (Å²) < 4.78 is 2.33. The van der Waals surface area contributed by atoms with Crippen molar-refractivity contribution in [3.63, 3.8) is 0 Å². The first kappa shape index (κ1) is 11.0. The number of imidazole rings is 1. The largest absolute Gasteiger partial charge is 0.334 e. The van der Waals surface area contributed by atoms with Gasteiger partial charge in [-0.1, -0.05) is 0 Å². The lowest BCUT2D eigenvalue weighted by molar-refractivity contribution is 0.421. The summed E-state index contributed by atoms with van der Waals surface area (Å²) in [7, 11) is 0. The van der Waals surface area contributed by atoms with E-state index in [4.69, 9.17) is 0 Å². The molecule has 0 radical (unpaired) electrons. The third-order valence-corrected chi connectivity index (χ3v) is 3.64. The minimum absolute atomic E-state index is 0.702. The lowest BCUT2D eigenvalue weighted by atomic mass is 10.00. The van der Waals surface area contributed by atoms with E-state index in [1.807, 2.05) is 24.3 Å². The number of hydrogen-bond donors (Lipinski definition) is 1. The number of aromatic nitrogens is 2. The summed E-state index contributed by atoms with van der Waals surface area (Å²) in [6, 6.07) is 0. The van der Waals surface area contributed by atoms with Crippen LogP contribution in [0.3, 0.4) is 0 Å². The Labute approximate surface area is 95.7 Å². The summed E-state index contributed by atoms with van der Waals surface area (Å²) in [6.07, 6.45) is 8.75. The average molecular weight is 225 g/mol. The van der Waals surface area contributed by atoms with E-state index in [1.54, 1.807) is 0 Å². The molecule has 4 heteroatoms. The van der Waals surface area contributed by atoms with Gasteiger partial charge in [0.1, 0.15) is 0 Å². The molecular formula is C11H19N3S. The fourth-order valence-corrected chi connectivity index (χ4v) is 2.38. The Morgan fingerprint density at radius 2 is 2.40 bits per heavy atom. The normalized spacial score (nSPS) is 16.6. The van der Waals surface area contributed by atoms with Crippen LogP contribution in [0.2, 0.25) is 0 Å². The average Bonchev–Trinajstić information content (AvgIpc) is 2.58. The van der Waals surface area contributed by atoms with E-state index >= 15 is 0 Å². The first-order valence-corrected chi connectivity index (χ1v) is 7.01. The lowest BCUT2D eigenvalue weighted by Gasteiger charge is -2.27. The number of thioether (sulfide) groups is 1. The second kappa shape index (κ2) is 5.56. The van der Waals surface area contributed by atoms with Crippen LogP contribution in [0.25, 0.3) is 0 Å². The number of nitrogens with zero attached hydrogens (tertiary/aromatic N) is 2. The molecule has 0 bridgehead atoms. The van der Waals surface area contributed by atoms with Crippen molar-refractivity contribution < 1.29 is 0 Å². The molecule has 1 aromatic rings.